The third kappa shape index (κ3) is 3.83. The molecule has 1 heterocycles. The van der Waals surface area contributed by atoms with Crippen molar-refractivity contribution in [2.45, 2.75) is 45.4 Å². The molecule has 0 spiro atoms. The van der Waals surface area contributed by atoms with Gasteiger partial charge in [0.15, 0.2) is 0 Å². The number of rotatable bonds is 5. The Morgan fingerprint density at radius 3 is 2.40 bits per heavy atom. The lowest BCUT2D eigenvalue weighted by atomic mass is 9.96. The van der Waals surface area contributed by atoms with Crippen molar-refractivity contribution in [1.82, 2.24) is 4.98 Å². The molecule has 0 radical (unpaired) electrons. The number of nitrogens with zero attached hydrogens (tertiary/aromatic N) is 1. The highest BCUT2D eigenvalue weighted by atomic mass is 35.5. The van der Waals surface area contributed by atoms with Crippen molar-refractivity contribution < 1.29 is 0 Å². The van der Waals surface area contributed by atoms with Crippen LogP contribution in [0, 0.1) is 12.8 Å². The minimum atomic E-state index is 0.218. The van der Waals surface area contributed by atoms with E-state index >= 15 is 0 Å². The first kappa shape index (κ1) is 12.5. The van der Waals surface area contributed by atoms with Gasteiger partial charge in [0.25, 0.3) is 0 Å². The first-order chi connectivity index (χ1) is 7.17. The molecular formula is C13H20ClN. The molecule has 1 nitrogen and oxygen atoms in total. The van der Waals surface area contributed by atoms with Crippen LogP contribution in [0.25, 0.3) is 0 Å². The second-order valence-corrected chi connectivity index (χ2v) is 4.68. The van der Waals surface area contributed by atoms with Crippen molar-refractivity contribution in [3.8, 4) is 0 Å². The smallest absolute Gasteiger partial charge is 0.0419 e. The standard InChI is InChI=1S/C13H20ClN/c1-4-11(5-2)13(14)8-12-7-6-10(3)9-15-12/h6-7,9,11,13H,4-5,8H2,1-3H3. The third-order valence-electron chi connectivity index (χ3n) is 2.94. The summed E-state index contributed by atoms with van der Waals surface area (Å²) in [6, 6.07) is 4.17. The van der Waals surface area contributed by atoms with Gasteiger partial charge in [0.2, 0.25) is 0 Å². The molecule has 0 aliphatic heterocycles. The molecule has 84 valence electrons. The fraction of sp³-hybridized carbons (Fsp3) is 0.615. The molecule has 1 rings (SSSR count). The highest BCUT2D eigenvalue weighted by Gasteiger charge is 2.16. The molecule has 0 bridgehead atoms. The summed E-state index contributed by atoms with van der Waals surface area (Å²) in [5, 5.41) is 0.218. The van der Waals surface area contributed by atoms with Crippen LogP contribution in [-0.4, -0.2) is 10.4 Å². The summed E-state index contributed by atoms with van der Waals surface area (Å²) in [5.74, 6) is 0.606. The number of alkyl halides is 1. The van der Waals surface area contributed by atoms with E-state index < -0.39 is 0 Å². The third-order valence-corrected chi connectivity index (χ3v) is 3.45. The molecule has 1 aromatic heterocycles. The zero-order valence-electron chi connectivity index (χ0n) is 9.83. The Morgan fingerprint density at radius 2 is 1.93 bits per heavy atom. The minimum Gasteiger partial charge on any atom is -0.261 e. The van der Waals surface area contributed by atoms with Gasteiger partial charge in [0, 0.05) is 23.7 Å². The van der Waals surface area contributed by atoms with E-state index in [0.717, 1.165) is 25.0 Å². The Labute approximate surface area is 97.9 Å². The van der Waals surface area contributed by atoms with Gasteiger partial charge in [-0.05, 0) is 24.5 Å². The lowest BCUT2D eigenvalue weighted by Crippen LogP contribution is -2.16. The van der Waals surface area contributed by atoms with E-state index in [1.807, 2.05) is 6.20 Å². The Morgan fingerprint density at radius 1 is 1.27 bits per heavy atom. The zero-order chi connectivity index (χ0) is 11.3. The predicted octanol–water partition coefficient (Wildman–Crippen LogP) is 3.98. The van der Waals surface area contributed by atoms with Crippen molar-refractivity contribution in [3.63, 3.8) is 0 Å². The lowest BCUT2D eigenvalue weighted by molar-refractivity contribution is 0.461. The fourth-order valence-corrected chi connectivity index (χ4v) is 2.30. The maximum absolute atomic E-state index is 6.38. The van der Waals surface area contributed by atoms with Gasteiger partial charge in [-0.25, -0.2) is 0 Å². The van der Waals surface area contributed by atoms with Crippen molar-refractivity contribution in [2.24, 2.45) is 5.92 Å². The van der Waals surface area contributed by atoms with Gasteiger partial charge in [-0.3, -0.25) is 4.98 Å². The van der Waals surface area contributed by atoms with E-state index in [1.165, 1.54) is 5.56 Å². The van der Waals surface area contributed by atoms with Crippen molar-refractivity contribution in [3.05, 3.63) is 29.6 Å². The van der Waals surface area contributed by atoms with Crippen LogP contribution in [-0.2, 0) is 6.42 Å². The number of hydrogen-bond donors (Lipinski definition) is 0. The average Bonchev–Trinajstić information content (AvgIpc) is 2.23. The van der Waals surface area contributed by atoms with E-state index in [1.54, 1.807) is 0 Å². The molecule has 0 amide bonds. The molecule has 0 aliphatic carbocycles. The summed E-state index contributed by atoms with van der Waals surface area (Å²) >= 11 is 6.38. The Kier molecular flexibility index (Phi) is 5.10. The summed E-state index contributed by atoms with van der Waals surface area (Å²) in [7, 11) is 0. The molecule has 15 heavy (non-hydrogen) atoms. The molecule has 0 fully saturated rings. The SMILES string of the molecule is CCC(CC)C(Cl)Cc1ccc(C)cn1. The van der Waals surface area contributed by atoms with Gasteiger partial charge in [0.05, 0.1) is 0 Å². The fourth-order valence-electron chi connectivity index (χ4n) is 1.79. The maximum Gasteiger partial charge on any atom is 0.0419 e. The molecule has 2 heteroatoms. The molecule has 1 unspecified atom stereocenters. The quantitative estimate of drug-likeness (QED) is 0.691. The second kappa shape index (κ2) is 6.12. The molecule has 1 aromatic rings. The summed E-state index contributed by atoms with van der Waals surface area (Å²) in [6.07, 6.45) is 5.09. The lowest BCUT2D eigenvalue weighted by Gasteiger charge is -2.18. The van der Waals surface area contributed by atoms with Gasteiger partial charge in [-0.2, -0.15) is 0 Å². The molecule has 1 atom stereocenters. The van der Waals surface area contributed by atoms with Crippen LogP contribution in [0.3, 0.4) is 0 Å². The van der Waals surface area contributed by atoms with Crippen LogP contribution >= 0.6 is 11.6 Å². The minimum absolute atomic E-state index is 0.218. The van der Waals surface area contributed by atoms with Gasteiger partial charge >= 0.3 is 0 Å². The van der Waals surface area contributed by atoms with Crippen LogP contribution in [0.5, 0.6) is 0 Å². The van der Waals surface area contributed by atoms with Crippen LogP contribution in [0.15, 0.2) is 18.3 Å². The molecule has 0 N–H and O–H groups in total. The topological polar surface area (TPSA) is 12.9 Å². The number of halogens is 1. The predicted molar refractivity (Wildman–Crippen MR) is 66.4 cm³/mol. The van der Waals surface area contributed by atoms with Crippen molar-refractivity contribution in [1.29, 1.82) is 0 Å². The number of aryl methyl sites for hydroxylation is 1. The van der Waals surface area contributed by atoms with E-state index in [0.29, 0.717) is 5.92 Å². The highest BCUT2D eigenvalue weighted by Crippen LogP contribution is 2.21. The molecule has 0 aliphatic rings. The summed E-state index contributed by atoms with van der Waals surface area (Å²) < 4.78 is 0. The first-order valence-electron chi connectivity index (χ1n) is 5.73. The Hall–Kier alpha value is -0.560. The zero-order valence-corrected chi connectivity index (χ0v) is 10.6. The second-order valence-electron chi connectivity index (χ2n) is 4.12. The van der Waals surface area contributed by atoms with Gasteiger partial charge in [-0.15, -0.1) is 11.6 Å². The molecule has 0 saturated carbocycles. The van der Waals surface area contributed by atoms with Gasteiger partial charge in [-0.1, -0.05) is 32.8 Å². The average molecular weight is 226 g/mol. The normalized spacial score (nSPS) is 13.1. The Bertz CT molecular complexity index is 277. The van der Waals surface area contributed by atoms with Crippen LogP contribution in [0.4, 0.5) is 0 Å². The van der Waals surface area contributed by atoms with E-state index in [4.69, 9.17) is 11.6 Å². The van der Waals surface area contributed by atoms with Crippen LogP contribution in [0.2, 0.25) is 0 Å². The molecule has 0 aromatic carbocycles. The van der Waals surface area contributed by atoms with Gasteiger partial charge in [0.1, 0.15) is 0 Å². The number of aromatic nitrogens is 1. The largest absolute Gasteiger partial charge is 0.261 e. The first-order valence-corrected chi connectivity index (χ1v) is 6.16. The number of pyridine rings is 1. The summed E-state index contributed by atoms with van der Waals surface area (Å²) in [5.41, 5.74) is 2.31. The van der Waals surface area contributed by atoms with E-state index in [-0.39, 0.29) is 5.38 Å². The van der Waals surface area contributed by atoms with Crippen LogP contribution < -0.4 is 0 Å². The summed E-state index contributed by atoms with van der Waals surface area (Å²) in [6.45, 7) is 6.45. The highest BCUT2D eigenvalue weighted by molar-refractivity contribution is 6.20. The Balaban J connectivity index is 2.57. The number of hydrogen-bond acceptors (Lipinski definition) is 1. The van der Waals surface area contributed by atoms with E-state index in [2.05, 4.69) is 37.9 Å². The van der Waals surface area contributed by atoms with Gasteiger partial charge < -0.3 is 0 Å². The van der Waals surface area contributed by atoms with E-state index in [9.17, 15) is 0 Å². The molecule has 0 saturated heterocycles. The van der Waals surface area contributed by atoms with Crippen LogP contribution in [0.1, 0.15) is 37.9 Å². The molecular weight excluding hydrogens is 206 g/mol. The van der Waals surface area contributed by atoms with Crippen molar-refractivity contribution >= 4 is 11.6 Å². The monoisotopic (exact) mass is 225 g/mol. The van der Waals surface area contributed by atoms with Crippen molar-refractivity contribution in [2.75, 3.05) is 0 Å². The maximum atomic E-state index is 6.38. The summed E-state index contributed by atoms with van der Waals surface area (Å²) in [4.78, 5) is 4.38.